The molecule has 0 aliphatic carbocycles. The topological polar surface area (TPSA) is 54.0 Å². The van der Waals surface area contributed by atoms with Gasteiger partial charge in [0.2, 0.25) is 5.91 Å². The van der Waals surface area contributed by atoms with Crippen LogP contribution in [0.25, 0.3) is 0 Å². The Labute approximate surface area is 153 Å². The number of hydrogen-bond acceptors (Lipinski definition) is 4. The summed E-state index contributed by atoms with van der Waals surface area (Å²) < 4.78 is 0. The molecule has 4 nitrogen and oxygen atoms in total. The van der Waals surface area contributed by atoms with Crippen LogP contribution in [0.4, 0.5) is 17.2 Å². The zero-order valence-corrected chi connectivity index (χ0v) is 14.8. The van der Waals surface area contributed by atoms with Crippen molar-refractivity contribution in [3.05, 3.63) is 69.0 Å². The molecule has 1 aromatic carbocycles. The van der Waals surface area contributed by atoms with Gasteiger partial charge in [-0.25, -0.2) is 4.98 Å². The molecular formula is C17H13Cl2N3OS. The minimum Gasteiger partial charge on any atom is -0.339 e. The maximum Gasteiger partial charge on any atom is 0.229 e. The predicted octanol–water partition coefficient (Wildman–Crippen LogP) is 5.37. The smallest absolute Gasteiger partial charge is 0.229 e. The van der Waals surface area contributed by atoms with Crippen LogP contribution in [0, 0.1) is 0 Å². The number of amides is 1. The van der Waals surface area contributed by atoms with Crippen LogP contribution in [0.5, 0.6) is 0 Å². The van der Waals surface area contributed by atoms with E-state index in [0.29, 0.717) is 33.7 Å². The SMILES string of the molecule is O=C(Cc1cccs1)Nc1ccc(Nc2cccc(Cl)c2Cl)nc1. The second kappa shape index (κ2) is 7.66. The zero-order valence-electron chi connectivity index (χ0n) is 12.4. The number of halogens is 2. The third-order valence-electron chi connectivity index (χ3n) is 3.18. The molecule has 2 heterocycles. The number of carbonyl (C=O) groups excluding carboxylic acids is 1. The van der Waals surface area contributed by atoms with Crippen molar-refractivity contribution in [3.8, 4) is 0 Å². The molecule has 0 bridgehead atoms. The first-order valence-electron chi connectivity index (χ1n) is 7.11. The van der Waals surface area contributed by atoms with Crippen molar-refractivity contribution in [2.75, 3.05) is 10.6 Å². The molecule has 2 N–H and O–H groups in total. The van der Waals surface area contributed by atoms with Crippen molar-refractivity contribution in [3.63, 3.8) is 0 Å². The third-order valence-corrected chi connectivity index (χ3v) is 4.87. The summed E-state index contributed by atoms with van der Waals surface area (Å²) in [5, 5.41) is 8.77. The molecule has 0 aliphatic rings. The fraction of sp³-hybridized carbons (Fsp3) is 0.0588. The van der Waals surface area contributed by atoms with E-state index in [1.54, 1.807) is 41.8 Å². The molecule has 7 heteroatoms. The molecule has 0 spiro atoms. The minimum absolute atomic E-state index is 0.0714. The maximum absolute atomic E-state index is 12.0. The Bertz CT molecular complexity index is 836. The van der Waals surface area contributed by atoms with Crippen molar-refractivity contribution < 1.29 is 4.79 Å². The van der Waals surface area contributed by atoms with Gasteiger partial charge in [-0.3, -0.25) is 4.79 Å². The Kier molecular flexibility index (Phi) is 5.35. The van der Waals surface area contributed by atoms with Gasteiger partial charge in [0.25, 0.3) is 0 Å². The monoisotopic (exact) mass is 377 g/mol. The Balaban J connectivity index is 1.63. The van der Waals surface area contributed by atoms with Crippen LogP contribution >= 0.6 is 34.5 Å². The lowest BCUT2D eigenvalue weighted by Crippen LogP contribution is -2.13. The van der Waals surface area contributed by atoms with Crippen molar-refractivity contribution in [1.82, 2.24) is 4.98 Å². The van der Waals surface area contributed by atoms with Crippen LogP contribution in [-0.4, -0.2) is 10.9 Å². The van der Waals surface area contributed by atoms with E-state index in [9.17, 15) is 4.79 Å². The first-order chi connectivity index (χ1) is 11.6. The molecule has 0 radical (unpaired) electrons. The number of anilines is 3. The lowest BCUT2D eigenvalue weighted by atomic mass is 10.3. The Morgan fingerprint density at radius 1 is 1.12 bits per heavy atom. The van der Waals surface area contributed by atoms with Crippen LogP contribution in [0.2, 0.25) is 10.0 Å². The molecule has 1 amide bonds. The summed E-state index contributed by atoms with van der Waals surface area (Å²) in [7, 11) is 0. The van der Waals surface area contributed by atoms with Crippen LogP contribution in [-0.2, 0) is 11.2 Å². The Morgan fingerprint density at radius 2 is 2.00 bits per heavy atom. The van der Waals surface area contributed by atoms with E-state index in [4.69, 9.17) is 23.2 Å². The van der Waals surface area contributed by atoms with Gasteiger partial charge >= 0.3 is 0 Å². The molecule has 0 fully saturated rings. The number of nitrogens with one attached hydrogen (secondary N) is 2. The number of pyridine rings is 1. The summed E-state index contributed by atoms with van der Waals surface area (Å²) in [5.74, 6) is 0.535. The summed E-state index contributed by atoms with van der Waals surface area (Å²) in [6.07, 6.45) is 1.95. The molecule has 122 valence electrons. The first-order valence-corrected chi connectivity index (χ1v) is 8.75. The fourth-order valence-corrected chi connectivity index (χ4v) is 3.11. The van der Waals surface area contributed by atoms with E-state index in [2.05, 4.69) is 15.6 Å². The summed E-state index contributed by atoms with van der Waals surface area (Å²) in [6, 6.07) is 12.7. The van der Waals surface area contributed by atoms with Crippen LogP contribution in [0.1, 0.15) is 4.88 Å². The van der Waals surface area contributed by atoms with Crippen molar-refractivity contribution in [2.24, 2.45) is 0 Å². The highest BCUT2D eigenvalue weighted by atomic mass is 35.5. The van der Waals surface area contributed by atoms with Crippen molar-refractivity contribution in [1.29, 1.82) is 0 Å². The Morgan fingerprint density at radius 3 is 2.71 bits per heavy atom. The molecule has 3 rings (SSSR count). The molecule has 2 aromatic heterocycles. The third kappa shape index (κ3) is 4.26. The second-order valence-corrected chi connectivity index (χ2v) is 6.78. The normalized spacial score (nSPS) is 10.4. The largest absolute Gasteiger partial charge is 0.339 e. The molecule has 3 aromatic rings. The number of hydrogen-bond donors (Lipinski definition) is 2. The molecule has 0 saturated heterocycles. The highest BCUT2D eigenvalue weighted by molar-refractivity contribution is 7.10. The van der Waals surface area contributed by atoms with Gasteiger partial charge in [-0.2, -0.15) is 0 Å². The molecule has 0 saturated carbocycles. The molecule has 0 aliphatic heterocycles. The van der Waals surface area contributed by atoms with Crippen molar-refractivity contribution in [2.45, 2.75) is 6.42 Å². The lowest BCUT2D eigenvalue weighted by molar-refractivity contribution is -0.115. The zero-order chi connectivity index (χ0) is 16.9. The average molecular weight is 378 g/mol. The van der Waals surface area contributed by atoms with Crippen molar-refractivity contribution >= 4 is 57.6 Å². The maximum atomic E-state index is 12.0. The Hall–Kier alpha value is -2.08. The summed E-state index contributed by atoms with van der Waals surface area (Å²) >= 11 is 13.7. The molecule has 0 atom stereocenters. The lowest BCUT2D eigenvalue weighted by Gasteiger charge is -2.09. The van der Waals surface area contributed by atoms with E-state index in [1.807, 2.05) is 23.6 Å². The highest BCUT2D eigenvalue weighted by Gasteiger charge is 2.07. The number of aromatic nitrogens is 1. The van der Waals surface area contributed by atoms with E-state index in [1.165, 1.54) is 0 Å². The minimum atomic E-state index is -0.0714. The number of rotatable bonds is 5. The number of thiophene rings is 1. The standard InChI is InChI=1S/C17H13Cl2N3OS/c18-13-4-1-5-14(17(13)19)22-15-7-6-11(10-20-15)21-16(23)9-12-3-2-8-24-12/h1-8,10H,9H2,(H,20,22)(H,21,23). The van der Waals surface area contributed by atoms with Gasteiger partial charge in [0.15, 0.2) is 0 Å². The van der Waals surface area contributed by atoms with E-state index in [-0.39, 0.29) is 5.91 Å². The number of nitrogens with zero attached hydrogens (tertiary/aromatic N) is 1. The van der Waals surface area contributed by atoms with Gasteiger partial charge in [0, 0.05) is 4.88 Å². The average Bonchev–Trinajstić information content (AvgIpc) is 3.06. The molecule has 0 unspecified atom stereocenters. The quantitative estimate of drug-likeness (QED) is 0.627. The summed E-state index contributed by atoms with van der Waals surface area (Å²) in [6.45, 7) is 0. The van der Waals surface area contributed by atoms with Gasteiger partial charge in [-0.05, 0) is 35.7 Å². The summed E-state index contributed by atoms with van der Waals surface area (Å²) in [4.78, 5) is 17.3. The summed E-state index contributed by atoms with van der Waals surface area (Å²) in [5.41, 5.74) is 1.31. The second-order valence-electron chi connectivity index (χ2n) is 4.96. The predicted molar refractivity (Wildman–Crippen MR) is 101 cm³/mol. The van der Waals surface area contributed by atoms with Crippen LogP contribution in [0.3, 0.4) is 0 Å². The van der Waals surface area contributed by atoms with E-state index in [0.717, 1.165) is 4.88 Å². The van der Waals surface area contributed by atoms with Gasteiger partial charge in [0.1, 0.15) is 5.82 Å². The fourth-order valence-electron chi connectivity index (χ4n) is 2.06. The van der Waals surface area contributed by atoms with Gasteiger partial charge in [-0.1, -0.05) is 35.3 Å². The van der Waals surface area contributed by atoms with E-state index >= 15 is 0 Å². The van der Waals surface area contributed by atoms with Gasteiger partial charge < -0.3 is 10.6 Å². The molecular weight excluding hydrogens is 365 g/mol. The highest BCUT2D eigenvalue weighted by Crippen LogP contribution is 2.31. The number of carbonyl (C=O) groups is 1. The molecule has 24 heavy (non-hydrogen) atoms. The van der Waals surface area contributed by atoms with Crippen LogP contribution in [0.15, 0.2) is 54.0 Å². The van der Waals surface area contributed by atoms with Gasteiger partial charge in [-0.15, -0.1) is 11.3 Å². The van der Waals surface area contributed by atoms with E-state index < -0.39 is 0 Å². The first kappa shape index (κ1) is 16.8. The van der Waals surface area contributed by atoms with Crippen LogP contribution < -0.4 is 10.6 Å². The number of benzene rings is 1. The van der Waals surface area contributed by atoms with Gasteiger partial charge in [0.05, 0.1) is 34.0 Å².